The molecular formula is C33H34N2. The first kappa shape index (κ1) is 25.9. The maximum absolute atomic E-state index is 8.40. The van der Waals surface area contributed by atoms with Crippen LogP contribution in [0.25, 0.3) is 0 Å². The van der Waals surface area contributed by atoms with Gasteiger partial charge < -0.3 is 0 Å². The molecule has 2 nitrogen and oxygen atoms in total. The number of rotatable bonds is 3. The summed E-state index contributed by atoms with van der Waals surface area (Å²) in [7, 11) is 0. The SMILES string of the molecule is C=CC1CCC(c2ccc(C#CC#N)cc2)CC1.CC1CCC(c2ccc(C#CC#N)cc2)CC1. The third-order valence-electron chi connectivity index (χ3n) is 7.41. The van der Waals surface area contributed by atoms with Crippen molar-refractivity contribution in [1.82, 2.24) is 0 Å². The molecule has 2 aromatic rings. The van der Waals surface area contributed by atoms with Crippen molar-refractivity contribution >= 4 is 0 Å². The predicted molar refractivity (Wildman–Crippen MR) is 143 cm³/mol. The van der Waals surface area contributed by atoms with Crippen LogP contribution in [0.3, 0.4) is 0 Å². The van der Waals surface area contributed by atoms with Crippen molar-refractivity contribution in [2.45, 2.75) is 70.1 Å². The molecule has 0 atom stereocenters. The Morgan fingerprint density at radius 1 is 0.657 bits per heavy atom. The van der Waals surface area contributed by atoms with E-state index in [1.807, 2.05) is 36.4 Å². The minimum absolute atomic E-state index is 0.680. The molecule has 2 aromatic carbocycles. The molecule has 2 fully saturated rings. The fourth-order valence-electron chi connectivity index (χ4n) is 5.16. The first-order chi connectivity index (χ1) is 17.1. The van der Waals surface area contributed by atoms with Gasteiger partial charge in [0.25, 0.3) is 0 Å². The highest BCUT2D eigenvalue weighted by Crippen LogP contribution is 2.36. The van der Waals surface area contributed by atoms with Crippen molar-refractivity contribution in [2.24, 2.45) is 11.8 Å². The maximum Gasteiger partial charge on any atom is 0.152 e. The van der Waals surface area contributed by atoms with E-state index >= 15 is 0 Å². The van der Waals surface area contributed by atoms with Gasteiger partial charge in [-0.3, -0.25) is 0 Å². The van der Waals surface area contributed by atoms with Gasteiger partial charge in [-0.2, -0.15) is 10.5 Å². The quantitative estimate of drug-likeness (QED) is 0.347. The van der Waals surface area contributed by atoms with Crippen LogP contribution in [-0.2, 0) is 0 Å². The summed E-state index contributed by atoms with van der Waals surface area (Å²) in [6.07, 6.45) is 12.4. The van der Waals surface area contributed by atoms with Gasteiger partial charge in [-0.15, -0.1) is 6.58 Å². The zero-order valence-electron chi connectivity index (χ0n) is 20.8. The number of benzene rings is 2. The van der Waals surface area contributed by atoms with Crippen molar-refractivity contribution in [3.8, 4) is 35.8 Å². The highest BCUT2D eigenvalue weighted by molar-refractivity contribution is 5.40. The van der Waals surface area contributed by atoms with E-state index < -0.39 is 0 Å². The Morgan fingerprint density at radius 2 is 1.06 bits per heavy atom. The summed E-state index contributed by atoms with van der Waals surface area (Å²) < 4.78 is 0. The summed E-state index contributed by atoms with van der Waals surface area (Å²) >= 11 is 0. The molecule has 0 N–H and O–H groups in total. The van der Waals surface area contributed by atoms with Crippen molar-refractivity contribution in [2.75, 3.05) is 0 Å². The van der Waals surface area contributed by atoms with E-state index in [1.54, 1.807) is 0 Å². The molecule has 2 heteroatoms. The van der Waals surface area contributed by atoms with Crippen molar-refractivity contribution in [3.63, 3.8) is 0 Å². The highest BCUT2D eigenvalue weighted by Gasteiger charge is 2.20. The van der Waals surface area contributed by atoms with Gasteiger partial charge in [-0.05, 0) is 97.6 Å². The Balaban J connectivity index is 0.000000196. The number of hydrogen-bond donors (Lipinski definition) is 0. The summed E-state index contributed by atoms with van der Waals surface area (Å²) in [5, 5.41) is 16.8. The van der Waals surface area contributed by atoms with Gasteiger partial charge in [0.05, 0.1) is 0 Å². The zero-order valence-corrected chi connectivity index (χ0v) is 20.8. The van der Waals surface area contributed by atoms with Crippen molar-refractivity contribution in [3.05, 3.63) is 83.4 Å². The molecule has 0 aromatic heterocycles. The Hall–Kier alpha value is -3.72. The Morgan fingerprint density at radius 3 is 1.43 bits per heavy atom. The molecule has 0 radical (unpaired) electrons. The van der Waals surface area contributed by atoms with Gasteiger partial charge >= 0.3 is 0 Å². The third-order valence-corrected chi connectivity index (χ3v) is 7.41. The van der Waals surface area contributed by atoms with Crippen LogP contribution in [0, 0.1) is 58.2 Å². The number of allylic oxidation sites excluding steroid dienone is 1. The van der Waals surface area contributed by atoms with Crippen LogP contribution in [0.1, 0.15) is 92.4 Å². The van der Waals surface area contributed by atoms with E-state index in [2.05, 4.69) is 67.5 Å². The summed E-state index contributed by atoms with van der Waals surface area (Å²) in [4.78, 5) is 0. The van der Waals surface area contributed by atoms with Crippen LogP contribution < -0.4 is 0 Å². The molecule has 2 aliphatic carbocycles. The molecule has 2 saturated carbocycles. The Bertz CT molecular complexity index is 1150. The lowest BCUT2D eigenvalue weighted by Gasteiger charge is -2.26. The van der Waals surface area contributed by atoms with Gasteiger partial charge in [0.1, 0.15) is 0 Å². The summed E-state index contributed by atoms with van der Waals surface area (Å²) in [5.74, 6) is 13.5. The number of hydrogen-bond acceptors (Lipinski definition) is 2. The number of nitrogens with zero attached hydrogens (tertiary/aromatic N) is 2. The first-order valence-electron chi connectivity index (χ1n) is 12.8. The molecule has 4 rings (SSSR count). The minimum atomic E-state index is 0.680. The zero-order chi connectivity index (χ0) is 24.9. The van der Waals surface area contributed by atoms with E-state index in [0.29, 0.717) is 11.8 Å². The molecule has 0 aliphatic heterocycles. The Kier molecular flexibility index (Phi) is 10.3. The molecule has 0 spiro atoms. The largest absolute Gasteiger partial charge is 0.183 e. The van der Waals surface area contributed by atoms with Gasteiger partial charge in [-0.1, -0.05) is 61.9 Å². The van der Waals surface area contributed by atoms with Gasteiger partial charge in [0, 0.05) is 23.0 Å². The normalized spacial score (nSPS) is 22.8. The molecule has 0 bridgehead atoms. The predicted octanol–water partition coefficient (Wildman–Crippen LogP) is 7.88. The molecule has 0 heterocycles. The summed E-state index contributed by atoms with van der Waals surface area (Å²) in [6, 6.07) is 20.4. The third kappa shape index (κ3) is 8.22. The fraction of sp³-hybridized carbons (Fsp3) is 0.394. The summed E-state index contributed by atoms with van der Waals surface area (Å²) in [5.41, 5.74) is 4.68. The molecule has 35 heavy (non-hydrogen) atoms. The van der Waals surface area contributed by atoms with Gasteiger partial charge in [0.2, 0.25) is 0 Å². The lowest BCUT2D eigenvalue weighted by molar-refractivity contribution is 0.348. The average molecular weight is 459 g/mol. The lowest BCUT2D eigenvalue weighted by Crippen LogP contribution is -2.11. The van der Waals surface area contributed by atoms with Crippen LogP contribution in [0.2, 0.25) is 0 Å². The van der Waals surface area contributed by atoms with Crippen molar-refractivity contribution < 1.29 is 0 Å². The van der Waals surface area contributed by atoms with E-state index in [0.717, 1.165) is 23.0 Å². The molecule has 0 amide bonds. The smallest absolute Gasteiger partial charge is 0.152 e. The topological polar surface area (TPSA) is 47.6 Å². The second-order valence-corrected chi connectivity index (χ2v) is 9.77. The standard InChI is InChI=1S/C17H17N.C16H17N/c1-2-14-5-9-16(10-6-14)17-11-7-15(8-12-17)4-3-13-18;1-13-4-8-15(9-5-13)16-10-6-14(7-11-16)3-2-12-17/h2,7-8,11-12,14,16H,1,5-6,9-10H2;6-7,10-11,13,15H,4-5,8-9H2,1H3. The van der Waals surface area contributed by atoms with Gasteiger partial charge in [-0.25, -0.2) is 0 Å². The van der Waals surface area contributed by atoms with Crippen LogP contribution in [0.15, 0.2) is 61.2 Å². The second-order valence-electron chi connectivity index (χ2n) is 9.77. The maximum atomic E-state index is 8.40. The van der Waals surface area contributed by atoms with E-state index in [-0.39, 0.29) is 0 Å². The monoisotopic (exact) mass is 458 g/mol. The number of nitriles is 2. The van der Waals surface area contributed by atoms with Crippen LogP contribution in [0.5, 0.6) is 0 Å². The molecule has 0 unspecified atom stereocenters. The first-order valence-corrected chi connectivity index (χ1v) is 12.8. The molecule has 0 saturated heterocycles. The summed E-state index contributed by atoms with van der Waals surface area (Å²) in [6.45, 7) is 6.22. The fourth-order valence-corrected chi connectivity index (χ4v) is 5.16. The molecule has 2 aliphatic rings. The van der Waals surface area contributed by atoms with Crippen LogP contribution >= 0.6 is 0 Å². The molecule has 176 valence electrons. The minimum Gasteiger partial charge on any atom is -0.183 e. The van der Waals surface area contributed by atoms with E-state index in [4.69, 9.17) is 10.5 Å². The average Bonchev–Trinajstić information content (AvgIpc) is 2.92. The van der Waals surface area contributed by atoms with E-state index in [1.165, 1.54) is 62.5 Å². The van der Waals surface area contributed by atoms with Crippen LogP contribution in [0.4, 0.5) is 0 Å². The second kappa shape index (κ2) is 13.9. The van der Waals surface area contributed by atoms with E-state index in [9.17, 15) is 0 Å². The van der Waals surface area contributed by atoms with Gasteiger partial charge in [0.15, 0.2) is 12.1 Å². The van der Waals surface area contributed by atoms with Crippen molar-refractivity contribution in [1.29, 1.82) is 10.5 Å². The Labute approximate surface area is 211 Å². The molecular weight excluding hydrogens is 424 g/mol. The highest BCUT2D eigenvalue weighted by atomic mass is 14.3. The van der Waals surface area contributed by atoms with Crippen LogP contribution in [-0.4, -0.2) is 0 Å². The lowest BCUT2D eigenvalue weighted by atomic mass is 9.79.